The van der Waals surface area contributed by atoms with E-state index < -0.39 is 0 Å². The monoisotopic (exact) mass is 700 g/mol. The molecule has 50 heavy (non-hydrogen) atoms. The number of fused-ring (bicyclic) bond motifs is 8. The Morgan fingerprint density at radius 3 is 1.22 bits per heavy atom. The molecule has 0 amide bonds. The number of phenols is 1. The van der Waals surface area contributed by atoms with E-state index in [-0.39, 0.29) is 25.2 Å². The van der Waals surface area contributed by atoms with Crippen LogP contribution < -0.4 is 13.7 Å². The number of aromatic nitrogens is 7. The molecule has 0 radical (unpaired) electrons. The molecule has 2 aliphatic heterocycles. The van der Waals surface area contributed by atoms with E-state index >= 15 is 0 Å². The van der Waals surface area contributed by atoms with Crippen LogP contribution in [0.1, 0.15) is 22.8 Å². The molecule has 6 aromatic heterocycles. The fourth-order valence-electron chi connectivity index (χ4n) is 6.55. The topological polar surface area (TPSA) is 89.2 Å². The van der Waals surface area contributed by atoms with Crippen molar-refractivity contribution >= 4 is 46.4 Å². The maximum atomic E-state index is 10.2. The summed E-state index contributed by atoms with van der Waals surface area (Å²) in [5.41, 5.74) is 11.4. The first-order chi connectivity index (χ1) is 24.2. The van der Waals surface area contributed by atoms with Crippen LogP contribution in [0, 0.1) is 0 Å². The third kappa shape index (κ3) is 5.53. The van der Waals surface area contributed by atoms with Crippen LogP contribution in [0.5, 0.6) is 5.75 Å². The van der Waals surface area contributed by atoms with Gasteiger partial charge in [-0.15, -0.1) is 0 Å². The molecular formula is C41H30N7OZn+3. The summed E-state index contributed by atoms with van der Waals surface area (Å²) in [6, 6.07) is 33.8. The van der Waals surface area contributed by atoms with Crippen LogP contribution in [0.4, 0.5) is 0 Å². The number of rotatable bonds is 4. The van der Waals surface area contributed by atoms with E-state index in [4.69, 9.17) is 9.97 Å². The van der Waals surface area contributed by atoms with Crippen LogP contribution in [-0.4, -0.2) is 25.0 Å². The minimum atomic E-state index is 0. The Morgan fingerprint density at radius 2 is 0.780 bits per heavy atom. The van der Waals surface area contributed by atoms with E-state index in [9.17, 15) is 5.11 Å². The molecule has 8 heterocycles. The summed E-state index contributed by atoms with van der Waals surface area (Å²) in [4.78, 5) is 18.0. The summed E-state index contributed by atoms with van der Waals surface area (Å²) >= 11 is 0. The van der Waals surface area contributed by atoms with Gasteiger partial charge in [-0.2, -0.15) is 13.7 Å². The zero-order chi connectivity index (χ0) is 32.7. The average molecular weight is 702 g/mol. The quantitative estimate of drug-likeness (QED) is 0.139. The molecule has 0 fully saturated rings. The summed E-state index contributed by atoms with van der Waals surface area (Å²) in [6.07, 6.45) is 20.5. The zero-order valence-corrected chi connectivity index (χ0v) is 29.9. The van der Waals surface area contributed by atoms with Crippen LogP contribution in [0.3, 0.4) is 0 Å². The third-order valence-electron chi connectivity index (χ3n) is 8.75. The SMILES string of the molecule is Oc1ccc(-c2c3nc(c(-[n+]4ccccc4)c4ccc([nH]4)c(-[n+]4ccccc4)c4nc(c(-[n+]5ccccc5)c5ccc2[nH]5)C=C4)C=C3)cc1.[Zn]. The fraction of sp³-hybridized carbons (Fsp3) is 0. The second kappa shape index (κ2) is 13.0. The van der Waals surface area contributed by atoms with Crippen LogP contribution >= 0.6 is 0 Å². The van der Waals surface area contributed by atoms with E-state index in [0.29, 0.717) is 0 Å². The second-order valence-electron chi connectivity index (χ2n) is 11.8. The van der Waals surface area contributed by atoms with Crippen molar-refractivity contribution in [2.45, 2.75) is 0 Å². The van der Waals surface area contributed by atoms with Crippen molar-refractivity contribution in [3.8, 4) is 33.9 Å². The van der Waals surface area contributed by atoms with Gasteiger partial charge in [0.15, 0.2) is 37.2 Å². The summed E-state index contributed by atoms with van der Waals surface area (Å²) in [5, 5.41) is 10.2. The number of phenolic OH excluding ortho intramolecular Hbond substituents is 1. The van der Waals surface area contributed by atoms with E-state index in [1.807, 2.05) is 104 Å². The second-order valence-corrected chi connectivity index (χ2v) is 11.8. The predicted octanol–water partition coefficient (Wildman–Crippen LogP) is 6.86. The summed E-state index contributed by atoms with van der Waals surface area (Å²) in [6.45, 7) is 0. The van der Waals surface area contributed by atoms with Gasteiger partial charge in [0.1, 0.15) is 39.4 Å². The van der Waals surface area contributed by atoms with Gasteiger partial charge in [-0.25, -0.2) is 9.97 Å². The number of hydrogen-bond acceptors (Lipinski definition) is 3. The smallest absolute Gasteiger partial charge is 0.260 e. The molecule has 0 saturated heterocycles. The molecule has 0 saturated carbocycles. The normalized spacial score (nSPS) is 11.8. The van der Waals surface area contributed by atoms with Crippen molar-refractivity contribution in [1.29, 1.82) is 0 Å². The summed E-state index contributed by atoms with van der Waals surface area (Å²) in [7, 11) is 0. The Kier molecular flexibility index (Phi) is 8.03. The summed E-state index contributed by atoms with van der Waals surface area (Å²) in [5.74, 6) is 0.207. The van der Waals surface area contributed by atoms with Gasteiger partial charge < -0.3 is 15.1 Å². The van der Waals surface area contributed by atoms with Gasteiger partial charge in [0.25, 0.3) is 17.1 Å². The largest absolute Gasteiger partial charge is 0.508 e. The van der Waals surface area contributed by atoms with E-state index in [2.05, 4.69) is 72.2 Å². The number of aromatic amines is 2. The molecule has 9 heteroatoms. The minimum absolute atomic E-state index is 0. The molecule has 0 unspecified atom stereocenters. The Morgan fingerprint density at radius 1 is 0.420 bits per heavy atom. The van der Waals surface area contributed by atoms with Gasteiger partial charge in [-0.05, 0) is 66.3 Å². The van der Waals surface area contributed by atoms with Crippen molar-refractivity contribution in [2.75, 3.05) is 0 Å². The third-order valence-corrected chi connectivity index (χ3v) is 8.75. The first-order valence-corrected chi connectivity index (χ1v) is 16.1. The predicted molar refractivity (Wildman–Crippen MR) is 191 cm³/mol. The Hall–Kier alpha value is -6.31. The number of pyridine rings is 3. The standard InChI is InChI=1S/C41H29N7O.Zn/c49-29-12-10-28(11-13-29)38-30-14-16-32(42-30)39(46-22-4-1-5-23-46)34-18-20-36(44-34)41(48-26-8-3-9-27-48)37-21-19-35(45-37)40(33-17-15-31(38)43-33)47-24-6-2-7-25-47;/h1-27H,(H2-,42,43,44,45,49);/q+2;/p+1. The van der Waals surface area contributed by atoms with Crippen molar-refractivity contribution in [3.05, 3.63) is 163 Å². The Bertz CT molecular complexity index is 2560. The maximum absolute atomic E-state index is 10.2. The number of benzene rings is 1. The maximum Gasteiger partial charge on any atom is 0.260 e. The first-order valence-electron chi connectivity index (χ1n) is 16.1. The molecule has 1 aromatic carbocycles. The molecule has 8 bridgehead atoms. The van der Waals surface area contributed by atoms with E-state index in [0.717, 1.165) is 73.0 Å². The average Bonchev–Trinajstić information content (AvgIpc) is 3.98. The number of nitrogens with zero attached hydrogens (tertiary/aromatic N) is 5. The van der Waals surface area contributed by atoms with Gasteiger partial charge in [-0.1, -0.05) is 30.3 Å². The van der Waals surface area contributed by atoms with Crippen LogP contribution in [-0.2, 0) is 19.5 Å². The minimum Gasteiger partial charge on any atom is -0.508 e. The van der Waals surface area contributed by atoms with Crippen molar-refractivity contribution in [3.63, 3.8) is 0 Å². The first kappa shape index (κ1) is 31.0. The van der Waals surface area contributed by atoms with Gasteiger partial charge in [0.05, 0.1) is 5.69 Å². The van der Waals surface area contributed by atoms with Gasteiger partial charge >= 0.3 is 0 Å². The van der Waals surface area contributed by atoms with Crippen molar-refractivity contribution < 1.29 is 38.3 Å². The van der Waals surface area contributed by atoms with Crippen molar-refractivity contribution in [1.82, 2.24) is 19.9 Å². The molecule has 0 spiro atoms. The van der Waals surface area contributed by atoms with Gasteiger partial charge in [0, 0.05) is 67.0 Å². The molecule has 234 valence electrons. The summed E-state index contributed by atoms with van der Waals surface area (Å²) < 4.78 is 6.27. The van der Waals surface area contributed by atoms with E-state index in [1.165, 1.54) is 0 Å². The Labute approximate surface area is 300 Å². The van der Waals surface area contributed by atoms with Gasteiger partial charge in [-0.3, -0.25) is 0 Å². The van der Waals surface area contributed by atoms with Crippen molar-refractivity contribution in [2.24, 2.45) is 0 Å². The number of H-pyrrole nitrogens is 2. The molecule has 0 aliphatic carbocycles. The fourth-order valence-corrected chi connectivity index (χ4v) is 6.55. The van der Waals surface area contributed by atoms with Gasteiger partial charge in [0.2, 0.25) is 0 Å². The van der Waals surface area contributed by atoms with Crippen LogP contribution in [0.25, 0.3) is 74.6 Å². The molecule has 3 N–H and O–H groups in total. The molecule has 0 atom stereocenters. The van der Waals surface area contributed by atoms with Crippen LogP contribution in [0.2, 0.25) is 0 Å². The molecular weight excluding hydrogens is 672 g/mol. The molecule has 8 nitrogen and oxygen atoms in total. The molecule has 2 aliphatic rings. The number of nitrogens with one attached hydrogen (secondary N) is 2. The molecule has 9 rings (SSSR count). The van der Waals surface area contributed by atoms with E-state index in [1.54, 1.807) is 12.1 Å². The van der Waals surface area contributed by atoms with Crippen LogP contribution in [0.15, 0.2) is 140 Å². The zero-order valence-electron chi connectivity index (χ0n) is 27.0. The Balaban J connectivity index is 0.00000361. The molecule has 7 aromatic rings. The number of hydrogen-bond donors (Lipinski definition) is 3. The number of aromatic hydroxyl groups is 1.